The van der Waals surface area contributed by atoms with Gasteiger partial charge in [-0.25, -0.2) is 0 Å². The fraction of sp³-hybridized carbons (Fsp3) is 0.333. The highest BCUT2D eigenvalue weighted by Gasteiger charge is 1.56. The molecule has 0 spiro atoms. The van der Waals surface area contributed by atoms with Crippen molar-refractivity contribution in [2.45, 2.75) is 0 Å². The van der Waals surface area contributed by atoms with Gasteiger partial charge in [-0.05, 0) is 0 Å². The number of halogens is 1. The van der Waals surface area contributed by atoms with Crippen LogP contribution in [0.5, 0.6) is 0 Å². The Morgan fingerprint density at radius 2 is 2.33 bits per heavy atom. The van der Waals surface area contributed by atoms with Crippen molar-refractivity contribution in [2.24, 2.45) is 0 Å². The minimum Gasteiger partial charge on any atom is -0.342 e. The molecule has 0 amide bonds. The summed E-state index contributed by atoms with van der Waals surface area (Å²) in [6.45, 7) is 4.47. The van der Waals surface area contributed by atoms with E-state index in [1.807, 2.05) is 6.08 Å². The molecule has 0 fully saturated rings. The summed E-state index contributed by atoms with van der Waals surface area (Å²) in [4.78, 5) is 3.04. The molecule has 0 aromatic rings. The Morgan fingerprint density at radius 1 is 1.83 bits per heavy atom. The third-order valence-corrected chi connectivity index (χ3v) is 0.757. The zero-order valence-corrected chi connectivity index (χ0v) is 6.72. The van der Waals surface area contributed by atoms with Crippen LogP contribution in [-0.4, -0.2) is 16.9 Å². The second kappa shape index (κ2) is 8.96. The SMILES string of the molecule is C=CCN[SiH3].Cl. The maximum absolute atomic E-state index is 3.51. The highest BCUT2D eigenvalue weighted by Crippen LogP contribution is 1.47. The second-order valence-electron chi connectivity index (χ2n) is 0.846. The normalized spacial score (nSPS) is 6.67. The minimum absolute atomic E-state index is 0. The lowest BCUT2D eigenvalue weighted by Crippen LogP contribution is -2.05. The lowest BCUT2D eigenvalue weighted by Gasteiger charge is -1.79. The zero-order chi connectivity index (χ0) is 4.12. The molecule has 0 bridgehead atoms. The molecule has 1 nitrogen and oxygen atoms in total. The van der Waals surface area contributed by atoms with Crippen molar-refractivity contribution in [3.05, 3.63) is 12.7 Å². The van der Waals surface area contributed by atoms with Crippen LogP contribution in [0.15, 0.2) is 12.7 Å². The number of hydrogen-bond donors (Lipinski definition) is 1. The molecular formula is C3H10ClNSi. The standard InChI is InChI=1S/C3H9NSi.ClH/c1-2-3-4-5;/h2,4H,1,3H2,5H3;1H. The van der Waals surface area contributed by atoms with Gasteiger partial charge in [-0.15, -0.1) is 19.0 Å². The van der Waals surface area contributed by atoms with Gasteiger partial charge in [0.25, 0.3) is 0 Å². The van der Waals surface area contributed by atoms with E-state index in [1.165, 1.54) is 0 Å². The lowest BCUT2D eigenvalue weighted by atomic mass is 10.7. The molecule has 0 heterocycles. The van der Waals surface area contributed by atoms with Crippen molar-refractivity contribution in [1.82, 2.24) is 4.98 Å². The van der Waals surface area contributed by atoms with Gasteiger partial charge in [-0.2, -0.15) is 0 Å². The molecule has 0 aromatic carbocycles. The van der Waals surface area contributed by atoms with Crippen molar-refractivity contribution >= 4 is 22.8 Å². The van der Waals surface area contributed by atoms with Crippen LogP contribution in [0.25, 0.3) is 0 Å². The lowest BCUT2D eigenvalue weighted by molar-refractivity contribution is 1.11. The zero-order valence-electron chi connectivity index (χ0n) is 3.90. The molecule has 0 atom stereocenters. The van der Waals surface area contributed by atoms with E-state index in [1.54, 1.807) is 0 Å². The predicted octanol–water partition coefficient (Wildman–Crippen LogP) is -0.536. The second-order valence-corrected chi connectivity index (χ2v) is 1.55. The van der Waals surface area contributed by atoms with Crippen molar-refractivity contribution < 1.29 is 0 Å². The molecule has 0 saturated carbocycles. The topological polar surface area (TPSA) is 12.0 Å². The molecule has 0 aromatic heterocycles. The first-order valence-corrected chi connectivity index (χ1v) is 2.67. The third-order valence-electron chi connectivity index (χ3n) is 0.348. The average Bonchev–Trinajstić information content (AvgIpc) is 1.41. The van der Waals surface area contributed by atoms with E-state index in [4.69, 9.17) is 0 Å². The quantitative estimate of drug-likeness (QED) is 0.385. The Kier molecular flexibility index (Phi) is 14.2. The molecule has 0 saturated heterocycles. The largest absolute Gasteiger partial charge is 0.342 e. The molecule has 6 heavy (non-hydrogen) atoms. The van der Waals surface area contributed by atoms with Crippen LogP contribution in [-0.2, 0) is 0 Å². The molecule has 1 N–H and O–H groups in total. The summed E-state index contributed by atoms with van der Waals surface area (Å²) in [7, 11) is 1.08. The summed E-state index contributed by atoms with van der Waals surface area (Å²) in [5.74, 6) is 0. The third kappa shape index (κ3) is 8.88. The smallest absolute Gasteiger partial charge is 0.0753 e. The van der Waals surface area contributed by atoms with Crippen LogP contribution < -0.4 is 4.98 Å². The molecule has 0 radical (unpaired) electrons. The maximum atomic E-state index is 3.51. The van der Waals surface area contributed by atoms with Crippen LogP contribution in [0.1, 0.15) is 0 Å². The van der Waals surface area contributed by atoms with Gasteiger partial charge in [0.05, 0.1) is 10.4 Å². The number of hydrogen-bond acceptors (Lipinski definition) is 1. The molecule has 0 aliphatic heterocycles. The van der Waals surface area contributed by atoms with Crippen molar-refractivity contribution in [3.8, 4) is 0 Å². The molecule has 38 valence electrons. The van der Waals surface area contributed by atoms with E-state index in [0.29, 0.717) is 0 Å². The van der Waals surface area contributed by atoms with Gasteiger partial charge in [0, 0.05) is 6.54 Å². The van der Waals surface area contributed by atoms with Gasteiger partial charge in [-0.3, -0.25) is 0 Å². The predicted molar refractivity (Wildman–Crippen MR) is 35.4 cm³/mol. The Morgan fingerprint density at radius 3 is 2.33 bits per heavy atom. The van der Waals surface area contributed by atoms with Crippen LogP contribution in [0, 0.1) is 0 Å². The minimum atomic E-state index is 0. The summed E-state index contributed by atoms with van der Waals surface area (Å²) in [5, 5.41) is 0. The van der Waals surface area contributed by atoms with Gasteiger partial charge < -0.3 is 4.98 Å². The molecule has 0 aliphatic carbocycles. The summed E-state index contributed by atoms with van der Waals surface area (Å²) in [6, 6.07) is 0. The van der Waals surface area contributed by atoms with Gasteiger partial charge >= 0.3 is 0 Å². The van der Waals surface area contributed by atoms with Crippen LogP contribution >= 0.6 is 12.4 Å². The summed E-state index contributed by atoms with van der Waals surface area (Å²) in [6.07, 6.45) is 1.85. The first kappa shape index (κ1) is 9.51. The van der Waals surface area contributed by atoms with Crippen LogP contribution in [0.4, 0.5) is 0 Å². The van der Waals surface area contributed by atoms with E-state index < -0.39 is 0 Å². The number of rotatable bonds is 2. The van der Waals surface area contributed by atoms with Gasteiger partial charge in [0.15, 0.2) is 0 Å². The maximum Gasteiger partial charge on any atom is 0.0753 e. The van der Waals surface area contributed by atoms with Crippen molar-refractivity contribution in [3.63, 3.8) is 0 Å². The molecule has 0 rings (SSSR count). The van der Waals surface area contributed by atoms with E-state index >= 15 is 0 Å². The average molecular weight is 124 g/mol. The molecule has 0 aliphatic rings. The van der Waals surface area contributed by atoms with Crippen LogP contribution in [0.2, 0.25) is 0 Å². The monoisotopic (exact) mass is 123 g/mol. The first-order chi connectivity index (χ1) is 2.41. The highest BCUT2D eigenvalue weighted by atomic mass is 35.5. The Balaban J connectivity index is 0. The summed E-state index contributed by atoms with van der Waals surface area (Å²) >= 11 is 0. The Bertz CT molecular complexity index is 32.0. The van der Waals surface area contributed by atoms with Crippen molar-refractivity contribution in [1.29, 1.82) is 0 Å². The molecule has 0 unspecified atom stereocenters. The van der Waals surface area contributed by atoms with E-state index in [2.05, 4.69) is 11.6 Å². The summed E-state index contributed by atoms with van der Waals surface area (Å²) < 4.78 is 0. The Labute approximate surface area is 47.7 Å². The van der Waals surface area contributed by atoms with Crippen LogP contribution in [0.3, 0.4) is 0 Å². The fourth-order valence-electron chi connectivity index (χ4n) is 0.144. The van der Waals surface area contributed by atoms with E-state index in [-0.39, 0.29) is 12.4 Å². The fourth-order valence-corrected chi connectivity index (χ4v) is 0.433. The highest BCUT2D eigenvalue weighted by molar-refractivity contribution is 6.04. The summed E-state index contributed by atoms with van der Waals surface area (Å²) in [5.41, 5.74) is 0. The first-order valence-electron chi connectivity index (χ1n) is 1.67. The molecule has 3 heteroatoms. The van der Waals surface area contributed by atoms with Crippen molar-refractivity contribution in [2.75, 3.05) is 6.54 Å². The van der Waals surface area contributed by atoms with Gasteiger partial charge in [-0.1, -0.05) is 6.08 Å². The van der Waals surface area contributed by atoms with E-state index in [0.717, 1.165) is 16.9 Å². The molecular weight excluding hydrogens is 114 g/mol. The Hall–Kier alpha value is 0.207. The van der Waals surface area contributed by atoms with E-state index in [9.17, 15) is 0 Å². The van der Waals surface area contributed by atoms with Gasteiger partial charge in [0.2, 0.25) is 0 Å². The number of nitrogens with one attached hydrogen (secondary N) is 1. The van der Waals surface area contributed by atoms with Gasteiger partial charge in [0.1, 0.15) is 0 Å².